The lowest BCUT2D eigenvalue weighted by Crippen LogP contribution is -2.32. The summed E-state index contributed by atoms with van der Waals surface area (Å²) in [5.74, 6) is -1.54. The Morgan fingerprint density at radius 3 is 2.79 bits per heavy atom. The molecule has 7 nitrogen and oxygen atoms in total. The number of nitrogens with one attached hydrogen (secondary N) is 2. The first-order valence-corrected chi connectivity index (χ1v) is 5.49. The molecule has 2 aromatic rings. The molecule has 19 heavy (non-hydrogen) atoms. The van der Waals surface area contributed by atoms with Crippen molar-refractivity contribution in [3.8, 4) is 0 Å². The Labute approximate surface area is 107 Å². The Kier molecular flexibility index (Phi) is 3.37. The maximum absolute atomic E-state index is 11.7. The van der Waals surface area contributed by atoms with Gasteiger partial charge in [0.05, 0.1) is 12.6 Å². The molecule has 1 aromatic heterocycles. The van der Waals surface area contributed by atoms with Crippen LogP contribution in [0.4, 0.5) is 0 Å². The molecule has 0 saturated heterocycles. The zero-order valence-electron chi connectivity index (χ0n) is 10.4. The minimum atomic E-state index is -0.926. The van der Waals surface area contributed by atoms with Gasteiger partial charge in [-0.1, -0.05) is 6.07 Å². The highest BCUT2D eigenvalue weighted by Crippen LogP contribution is 2.19. The van der Waals surface area contributed by atoms with Gasteiger partial charge in [-0.2, -0.15) is 0 Å². The molecule has 0 spiro atoms. The zero-order chi connectivity index (χ0) is 14.0. The SMILES string of the molecule is COC(=O)C(NC(C)=O)c1ccc2oc(=O)[nH]c2c1. The monoisotopic (exact) mass is 264 g/mol. The van der Waals surface area contributed by atoms with E-state index in [-0.39, 0.29) is 5.91 Å². The Morgan fingerprint density at radius 2 is 2.16 bits per heavy atom. The molecule has 1 amide bonds. The number of esters is 1. The largest absolute Gasteiger partial charge is 0.467 e. The molecule has 7 heteroatoms. The van der Waals surface area contributed by atoms with E-state index in [1.165, 1.54) is 14.0 Å². The van der Waals surface area contributed by atoms with E-state index in [2.05, 4.69) is 15.0 Å². The summed E-state index contributed by atoms with van der Waals surface area (Å²) >= 11 is 0. The van der Waals surface area contributed by atoms with E-state index in [9.17, 15) is 14.4 Å². The number of aromatic amines is 1. The van der Waals surface area contributed by atoms with Crippen molar-refractivity contribution in [2.75, 3.05) is 7.11 Å². The standard InChI is InChI=1S/C12H12N2O5/c1-6(15)13-10(11(16)18-2)7-3-4-9-8(5-7)14-12(17)19-9/h3-5,10H,1-2H3,(H,13,15)(H,14,17). The molecule has 0 saturated carbocycles. The first kappa shape index (κ1) is 12.9. The number of rotatable bonds is 3. The lowest BCUT2D eigenvalue weighted by Gasteiger charge is -2.15. The van der Waals surface area contributed by atoms with Crippen LogP contribution in [0, 0.1) is 0 Å². The third-order valence-corrected chi connectivity index (χ3v) is 2.56. The van der Waals surface area contributed by atoms with Crippen LogP contribution in [0.15, 0.2) is 27.4 Å². The van der Waals surface area contributed by atoms with Crippen molar-refractivity contribution < 1.29 is 18.7 Å². The fraction of sp³-hybridized carbons (Fsp3) is 0.250. The Balaban J connectivity index is 2.45. The molecule has 1 aromatic carbocycles. The molecule has 1 unspecified atom stereocenters. The van der Waals surface area contributed by atoms with Crippen LogP contribution in [0.2, 0.25) is 0 Å². The van der Waals surface area contributed by atoms with E-state index in [0.29, 0.717) is 16.7 Å². The first-order valence-electron chi connectivity index (χ1n) is 5.49. The second kappa shape index (κ2) is 4.97. The number of aromatic nitrogens is 1. The molecule has 2 N–H and O–H groups in total. The number of methoxy groups -OCH3 is 1. The summed E-state index contributed by atoms with van der Waals surface area (Å²) < 4.78 is 9.49. The van der Waals surface area contributed by atoms with E-state index in [0.717, 1.165) is 0 Å². The molecule has 0 aliphatic rings. The summed E-state index contributed by atoms with van der Waals surface area (Å²) in [4.78, 5) is 36.3. The van der Waals surface area contributed by atoms with E-state index in [4.69, 9.17) is 4.42 Å². The summed E-state index contributed by atoms with van der Waals surface area (Å²) in [6.07, 6.45) is 0. The van der Waals surface area contributed by atoms with Gasteiger partial charge in [-0.05, 0) is 17.7 Å². The van der Waals surface area contributed by atoms with Crippen molar-refractivity contribution in [3.63, 3.8) is 0 Å². The Morgan fingerprint density at radius 1 is 1.42 bits per heavy atom. The molecular weight excluding hydrogens is 252 g/mol. The number of carbonyl (C=O) groups excluding carboxylic acids is 2. The fourth-order valence-electron chi connectivity index (χ4n) is 1.75. The van der Waals surface area contributed by atoms with Crippen molar-refractivity contribution >= 4 is 23.0 Å². The molecule has 1 heterocycles. The number of benzene rings is 1. The number of hydrogen-bond acceptors (Lipinski definition) is 5. The molecule has 2 rings (SSSR count). The minimum absolute atomic E-state index is 0.365. The number of hydrogen-bond donors (Lipinski definition) is 2. The van der Waals surface area contributed by atoms with Gasteiger partial charge in [0, 0.05) is 6.92 Å². The summed E-state index contributed by atoms with van der Waals surface area (Å²) in [6, 6.07) is 3.75. The summed E-state index contributed by atoms with van der Waals surface area (Å²) in [6.45, 7) is 1.30. The van der Waals surface area contributed by atoms with Gasteiger partial charge in [0.15, 0.2) is 11.6 Å². The van der Waals surface area contributed by atoms with Crippen LogP contribution < -0.4 is 11.1 Å². The normalized spacial score (nSPS) is 12.1. The van der Waals surface area contributed by atoms with Crippen molar-refractivity contribution in [2.45, 2.75) is 13.0 Å². The summed E-state index contributed by atoms with van der Waals surface area (Å²) in [5, 5.41) is 2.48. The molecule has 100 valence electrons. The maximum atomic E-state index is 11.7. The third-order valence-electron chi connectivity index (χ3n) is 2.56. The van der Waals surface area contributed by atoms with Crippen molar-refractivity contribution in [1.82, 2.24) is 10.3 Å². The van der Waals surface area contributed by atoms with Gasteiger partial charge in [0.2, 0.25) is 5.91 Å². The molecule has 0 aliphatic carbocycles. The van der Waals surface area contributed by atoms with Crippen molar-refractivity contribution in [1.29, 1.82) is 0 Å². The lowest BCUT2D eigenvalue weighted by molar-refractivity contribution is -0.145. The second-order valence-corrected chi connectivity index (χ2v) is 3.93. The molecule has 0 fully saturated rings. The van der Waals surface area contributed by atoms with Gasteiger partial charge in [-0.25, -0.2) is 9.59 Å². The second-order valence-electron chi connectivity index (χ2n) is 3.93. The van der Waals surface area contributed by atoms with E-state index in [1.807, 2.05) is 0 Å². The van der Waals surface area contributed by atoms with Gasteiger partial charge in [-0.15, -0.1) is 0 Å². The summed E-state index contributed by atoms with van der Waals surface area (Å²) in [7, 11) is 1.23. The molecular formula is C12H12N2O5. The number of H-pyrrole nitrogens is 1. The van der Waals surface area contributed by atoms with Crippen LogP contribution in [-0.2, 0) is 14.3 Å². The van der Waals surface area contributed by atoms with E-state index < -0.39 is 17.8 Å². The number of carbonyl (C=O) groups is 2. The highest BCUT2D eigenvalue weighted by Gasteiger charge is 2.22. The highest BCUT2D eigenvalue weighted by atomic mass is 16.5. The quantitative estimate of drug-likeness (QED) is 0.785. The molecule has 0 bridgehead atoms. The van der Waals surface area contributed by atoms with Gasteiger partial charge >= 0.3 is 11.7 Å². The van der Waals surface area contributed by atoms with Crippen LogP contribution >= 0.6 is 0 Å². The van der Waals surface area contributed by atoms with Gasteiger partial charge < -0.3 is 14.5 Å². The van der Waals surface area contributed by atoms with Crippen molar-refractivity contribution in [3.05, 3.63) is 34.3 Å². The Bertz CT molecular complexity index is 685. The zero-order valence-corrected chi connectivity index (χ0v) is 10.4. The van der Waals surface area contributed by atoms with Crippen LogP contribution in [-0.4, -0.2) is 24.0 Å². The minimum Gasteiger partial charge on any atom is -0.467 e. The predicted molar refractivity (Wildman–Crippen MR) is 65.4 cm³/mol. The number of fused-ring (bicyclic) bond motifs is 1. The molecule has 0 aliphatic heterocycles. The number of amides is 1. The van der Waals surface area contributed by atoms with Crippen LogP contribution in [0.25, 0.3) is 11.1 Å². The number of oxazole rings is 1. The van der Waals surface area contributed by atoms with Gasteiger partial charge in [-0.3, -0.25) is 9.78 Å². The van der Waals surface area contributed by atoms with Gasteiger partial charge in [0.25, 0.3) is 0 Å². The first-order chi connectivity index (χ1) is 9.01. The van der Waals surface area contributed by atoms with E-state index >= 15 is 0 Å². The van der Waals surface area contributed by atoms with E-state index in [1.54, 1.807) is 18.2 Å². The van der Waals surface area contributed by atoms with Crippen molar-refractivity contribution in [2.24, 2.45) is 0 Å². The molecule has 1 atom stereocenters. The topological polar surface area (TPSA) is 101 Å². The smallest absolute Gasteiger partial charge is 0.417 e. The summed E-state index contributed by atoms with van der Waals surface area (Å²) in [5.41, 5.74) is 1.31. The molecule has 0 radical (unpaired) electrons. The lowest BCUT2D eigenvalue weighted by atomic mass is 10.1. The third kappa shape index (κ3) is 2.65. The van der Waals surface area contributed by atoms with Crippen LogP contribution in [0.1, 0.15) is 18.5 Å². The predicted octanol–water partition coefficient (Wildman–Crippen LogP) is 0.471. The number of ether oxygens (including phenoxy) is 1. The highest BCUT2D eigenvalue weighted by molar-refractivity contribution is 5.85. The average Bonchev–Trinajstić information content (AvgIpc) is 2.73. The van der Waals surface area contributed by atoms with Crippen LogP contribution in [0.5, 0.6) is 0 Å². The Hall–Kier alpha value is -2.57. The maximum Gasteiger partial charge on any atom is 0.417 e. The average molecular weight is 264 g/mol. The fourth-order valence-corrected chi connectivity index (χ4v) is 1.75. The van der Waals surface area contributed by atoms with Crippen LogP contribution in [0.3, 0.4) is 0 Å². The van der Waals surface area contributed by atoms with Gasteiger partial charge in [0.1, 0.15) is 0 Å².